The molecule has 1 amide bonds. The molecule has 0 aliphatic heterocycles. The summed E-state index contributed by atoms with van der Waals surface area (Å²) in [6.45, 7) is 10.2. The second kappa shape index (κ2) is 10.7. The van der Waals surface area contributed by atoms with Crippen LogP contribution in [0.25, 0.3) is 16.9 Å². The second-order valence-electron chi connectivity index (χ2n) is 9.49. The molecule has 0 saturated heterocycles. The molecule has 4 aromatic heterocycles. The lowest BCUT2D eigenvalue weighted by atomic mass is 10.3. The quantitative estimate of drug-likeness (QED) is 0.206. The van der Waals surface area contributed by atoms with Crippen LogP contribution in [0.4, 0.5) is 10.8 Å². The number of aromatic nitrogens is 5. The third kappa shape index (κ3) is 6.34. The summed E-state index contributed by atoms with van der Waals surface area (Å²) in [6.07, 6.45) is 7.51. The second-order valence-corrected chi connectivity index (χ2v) is 16.0. The SMILES string of the molecule is Cc1cn2c(-c3cnn(COCC[Si](C)(C)C)c3)cnc2c(Nc2cc(C(=O)NCCO)cs2)n1. The van der Waals surface area contributed by atoms with E-state index >= 15 is 0 Å². The van der Waals surface area contributed by atoms with Gasteiger partial charge in [-0.15, -0.1) is 11.3 Å². The van der Waals surface area contributed by atoms with Crippen molar-refractivity contribution in [3.63, 3.8) is 0 Å². The number of thiophene rings is 1. The number of hydrogen-bond acceptors (Lipinski definition) is 8. The zero-order valence-corrected chi connectivity index (χ0v) is 22.2. The van der Waals surface area contributed by atoms with Gasteiger partial charge in [-0.2, -0.15) is 5.10 Å². The van der Waals surface area contributed by atoms with Crippen LogP contribution in [-0.4, -0.2) is 63.0 Å². The minimum absolute atomic E-state index is 0.0983. The van der Waals surface area contributed by atoms with Crippen LogP contribution < -0.4 is 10.6 Å². The molecule has 12 heteroatoms. The normalized spacial score (nSPS) is 11.8. The standard InChI is InChI=1S/C23H31N7O3SSi/c1-16-12-30-19(18-10-26-29(13-18)15-33-7-8-35(2,3)4)11-25-22(30)21(27-16)28-20-9-17(14-34-20)23(32)24-5-6-31/h9-14,31H,5-8,15H2,1-4H3,(H,24,32)(H,27,28). The number of carbonyl (C=O) groups excluding carboxylic acids is 1. The minimum Gasteiger partial charge on any atom is -0.395 e. The first kappa shape index (κ1) is 25.0. The molecule has 0 spiro atoms. The third-order valence-corrected chi connectivity index (χ3v) is 7.81. The van der Waals surface area contributed by atoms with E-state index in [-0.39, 0.29) is 19.1 Å². The highest BCUT2D eigenvalue weighted by atomic mass is 32.1. The van der Waals surface area contributed by atoms with Crippen LogP contribution in [0.3, 0.4) is 0 Å². The molecule has 0 atom stereocenters. The predicted molar refractivity (Wildman–Crippen MR) is 140 cm³/mol. The highest BCUT2D eigenvalue weighted by molar-refractivity contribution is 7.14. The number of amides is 1. The van der Waals surface area contributed by atoms with Gasteiger partial charge in [0.2, 0.25) is 0 Å². The lowest BCUT2D eigenvalue weighted by molar-refractivity contribution is 0.0786. The van der Waals surface area contributed by atoms with Gasteiger partial charge in [0, 0.05) is 44.6 Å². The van der Waals surface area contributed by atoms with Crippen LogP contribution in [0.1, 0.15) is 16.1 Å². The van der Waals surface area contributed by atoms with E-state index in [1.165, 1.54) is 11.3 Å². The van der Waals surface area contributed by atoms with Crippen molar-refractivity contribution in [2.24, 2.45) is 0 Å². The van der Waals surface area contributed by atoms with Gasteiger partial charge in [-0.05, 0) is 19.0 Å². The highest BCUT2D eigenvalue weighted by Gasteiger charge is 2.16. The fourth-order valence-electron chi connectivity index (χ4n) is 3.42. The summed E-state index contributed by atoms with van der Waals surface area (Å²) < 4.78 is 9.59. The van der Waals surface area contributed by atoms with Crippen molar-refractivity contribution >= 4 is 41.8 Å². The van der Waals surface area contributed by atoms with Crippen molar-refractivity contribution in [2.75, 3.05) is 25.1 Å². The van der Waals surface area contributed by atoms with Gasteiger partial charge in [0.1, 0.15) is 6.73 Å². The Labute approximate surface area is 209 Å². The molecule has 0 fully saturated rings. The van der Waals surface area contributed by atoms with E-state index < -0.39 is 8.07 Å². The van der Waals surface area contributed by atoms with Crippen molar-refractivity contribution in [1.29, 1.82) is 0 Å². The Morgan fingerprint density at radius 2 is 2.09 bits per heavy atom. The summed E-state index contributed by atoms with van der Waals surface area (Å²) in [5, 5.41) is 21.8. The molecule has 4 heterocycles. The van der Waals surface area contributed by atoms with Crippen LogP contribution in [0.2, 0.25) is 25.7 Å². The minimum atomic E-state index is -1.12. The lowest BCUT2D eigenvalue weighted by Crippen LogP contribution is -2.25. The number of nitrogens with zero attached hydrogens (tertiary/aromatic N) is 5. The van der Waals surface area contributed by atoms with Gasteiger partial charge in [-0.3, -0.25) is 9.20 Å². The molecule has 0 saturated carbocycles. The van der Waals surface area contributed by atoms with Gasteiger partial charge in [0.15, 0.2) is 11.5 Å². The van der Waals surface area contributed by atoms with E-state index in [0.717, 1.165) is 34.6 Å². The number of fused-ring (bicyclic) bond motifs is 1. The van der Waals surface area contributed by atoms with Crippen molar-refractivity contribution < 1.29 is 14.6 Å². The van der Waals surface area contributed by atoms with Gasteiger partial charge >= 0.3 is 0 Å². The van der Waals surface area contributed by atoms with E-state index in [2.05, 4.69) is 45.3 Å². The number of imidazole rings is 1. The van der Waals surface area contributed by atoms with Crippen molar-refractivity contribution in [3.8, 4) is 11.3 Å². The number of anilines is 2. The van der Waals surface area contributed by atoms with Gasteiger partial charge in [0.25, 0.3) is 5.91 Å². The number of hydrogen-bond donors (Lipinski definition) is 3. The molecule has 4 rings (SSSR count). The molecule has 4 aromatic rings. The Balaban J connectivity index is 1.50. The molecular weight excluding hydrogens is 482 g/mol. The van der Waals surface area contributed by atoms with E-state index in [1.807, 2.05) is 29.9 Å². The highest BCUT2D eigenvalue weighted by Crippen LogP contribution is 2.28. The van der Waals surface area contributed by atoms with Gasteiger partial charge in [-0.25, -0.2) is 14.6 Å². The van der Waals surface area contributed by atoms with Gasteiger partial charge < -0.3 is 20.5 Å². The molecule has 3 N–H and O–H groups in total. The van der Waals surface area contributed by atoms with Crippen LogP contribution >= 0.6 is 11.3 Å². The third-order valence-electron chi connectivity index (χ3n) is 5.26. The Hall–Kier alpha value is -3.06. The van der Waals surface area contributed by atoms with Crippen molar-refractivity contribution in [1.82, 2.24) is 29.5 Å². The van der Waals surface area contributed by atoms with E-state index in [9.17, 15) is 4.79 Å². The molecule has 0 radical (unpaired) electrons. The monoisotopic (exact) mass is 513 g/mol. The number of aliphatic hydroxyl groups excluding tert-OH is 1. The average Bonchev–Trinajstić information content (AvgIpc) is 3.54. The van der Waals surface area contributed by atoms with Crippen molar-refractivity contribution in [2.45, 2.75) is 39.3 Å². The van der Waals surface area contributed by atoms with Crippen LogP contribution in [0.15, 0.2) is 36.2 Å². The fourth-order valence-corrected chi connectivity index (χ4v) is 4.95. The Bertz CT molecular complexity index is 1310. The number of carbonyl (C=O) groups is 1. The smallest absolute Gasteiger partial charge is 0.252 e. The summed E-state index contributed by atoms with van der Waals surface area (Å²) in [5.74, 6) is 0.373. The molecule has 0 bridgehead atoms. The number of rotatable bonds is 11. The Kier molecular flexibility index (Phi) is 7.65. The molecule has 0 unspecified atom stereocenters. The van der Waals surface area contributed by atoms with E-state index in [0.29, 0.717) is 23.8 Å². The molecule has 10 nitrogen and oxygen atoms in total. The Morgan fingerprint density at radius 3 is 2.86 bits per heavy atom. The number of aryl methyl sites for hydroxylation is 1. The van der Waals surface area contributed by atoms with Crippen LogP contribution in [0, 0.1) is 6.92 Å². The number of aliphatic hydroxyl groups is 1. The van der Waals surface area contributed by atoms with Crippen LogP contribution in [0.5, 0.6) is 0 Å². The molecule has 35 heavy (non-hydrogen) atoms. The van der Waals surface area contributed by atoms with Crippen molar-refractivity contribution in [3.05, 3.63) is 47.5 Å². The fraction of sp³-hybridized carbons (Fsp3) is 0.391. The zero-order valence-electron chi connectivity index (χ0n) is 20.4. The maximum absolute atomic E-state index is 12.1. The maximum atomic E-state index is 12.1. The van der Waals surface area contributed by atoms with Gasteiger partial charge in [0.05, 0.1) is 41.0 Å². The number of ether oxygens (including phenoxy) is 1. The average molecular weight is 514 g/mol. The summed E-state index contributed by atoms with van der Waals surface area (Å²) in [7, 11) is -1.12. The lowest BCUT2D eigenvalue weighted by Gasteiger charge is -2.15. The first-order chi connectivity index (χ1) is 16.7. The molecule has 0 aliphatic rings. The first-order valence-electron chi connectivity index (χ1n) is 11.4. The van der Waals surface area contributed by atoms with E-state index in [1.54, 1.807) is 22.3 Å². The largest absolute Gasteiger partial charge is 0.395 e. The summed E-state index contributed by atoms with van der Waals surface area (Å²) in [5.41, 5.74) is 3.85. The van der Waals surface area contributed by atoms with Crippen LogP contribution in [-0.2, 0) is 11.5 Å². The summed E-state index contributed by atoms with van der Waals surface area (Å²) >= 11 is 1.40. The number of nitrogens with one attached hydrogen (secondary N) is 2. The van der Waals surface area contributed by atoms with Gasteiger partial charge in [-0.1, -0.05) is 19.6 Å². The first-order valence-corrected chi connectivity index (χ1v) is 16.0. The molecular formula is C23H31N7O3SSi. The topological polar surface area (TPSA) is 119 Å². The molecule has 0 aliphatic carbocycles. The Morgan fingerprint density at radius 1 is 1.26 bits per heavy atom. The summed E-state index contributed by atoms with van der Waals surface area (Å²) in [6, 6.07) is 2.88. The van der Waals surface area contributed by atoms with E-state index in [4.69, 9.17) is 9.84 Å². The predicted octanol–water partition coefficient (Wildman–Crippen LogP) is 3.74. The maximum Gasteiger partial charge on any atom is 0.252 e. The zero-order chi connectivity index (χ0) is 25.0. The molecule has 0 aromatic carbocycles. The summed E-state index contributed by atoms with van der Waals surface area (Å²) in [4.78, 5) is 21.4. The molecule has 186 valence electrons.